The van der Waals surface area contributed by atoms with Gasteiger partial charge < -0.3 is 0 Å². The molecule has 0 aromatic rings. The van der Waals surface area contributed by atoms with Crippen molar-refractivity contribution < 1.29 is 9.90 Å². The number of carbonyl (C=O) groups excluding carboxylic acids is 1. The Morgan fingerprint density at radius 3 is 2.27 bits per heavy atom. The Bertz CT molecular complexity index is 127. The second-order valence-corrected chi connectivity index (χ2v) is 9.58. The zero-order valence-electron chi connectivity index (χ0n) is 7.68. The topological polar surface area (TPSA) is 37.3 Å². The van der Waals surface area contributed by atoms with Crippen LogP contribution in [0.1, 0.15) is 12.8 Å². The van der Waals surface area contributed by atoms with Crippen molar-refractivity contribution in [1.29, 1.82) is 0 Å². The number of rotatable bonds is 5. The summed E-state index contributed by atoms with van der Waals surface area (Å²) in [5.41, 5.74) is 0. The summed E-state index contributed by atoms with van der Waals surface area (Å²) in [5, 5.41) is 8.47. The Morgan fingerprint density at radius 1 is 1.36 bits per heavy atom. The summed E-state index contributed by atoms with van der Waals surface area (Å²) in [6.07, 6.45) is 1.94. The van der Waals surface area contributed by atoms with Crippen molar-refractivity contribution >= 4 is 13.0 Å². The number of hydrogen-bond donors (Lipinski definition) is 1. The molecule has 0 fully saturated rings. The van der Waals surface area contributed by atoms with Crippen molar-refractivity contribution in [3.05, 3.63) is 0 Å². The number of carbonyl (C=O) groups is 1. The third-order valence-electron chi connectivity index (χ3n) is 1.34. The van der Waals surface area contributed by atoms with Gasteiger partial charge in [-0.25, -0.2) is 0 Å². The van der Waals surface area contributed by atoms with Crippen LogP contribution < -0.4 is 0 Å². The van der Waals surface area contributed by atoms with E-state index in [0.29, 0.717) is 18.6 Å². The van der Waals surface area contributed by atoms with Crippen LogP contribution in [0.25, 0.3) is 0 Å². The van der Waals surface area contributed by atoms with Gasteiger partial charge in [0.05, 0.1) is 0 Å². The molecule has 1 N–H and O–H groups in total. The molecule has 68 valence electrons. The molecular formula is C8H19O2P. The van der Waals surface area contributed by atoms with E-state index in [-0.39, 0.29) is 6.61 Å². The van der Waals surface area contributed by atoms with E-state index in [0.717, 1.165) is 6.16 Å². The van der Waals surface area contributed by atoms with Gasteiger partial charge in [0.25, 0.3) is 0 Å². The molecule has 0 amide bonds. The zero-order valence-corrected chi connectivity index (χ0v) is 8.68. The first-order valence-electron chi connectivity index (χ1n) is 4.08. The van der Waals surface area contributed by atoms with Gasteiger partial charge in [-0.2, -0.15) is 0 Å². The van der Waals surface area contributed by atoms with Gasteiger partial charge in [0.1, 0.15) is 0 Å². The third kappa shape index (κ3) is 7.96. The second-order valence-electron chi connectivity index (χ2n) is 4.10. The minimum absolute atomic E-state index is 0.136. The van der Waals surface area contributed by atoms with Crippen LogP contribution in [0.5, 0.6) is 0 Å². The predicted molar refractivity (Wildman–Crippen MR) is 52.3 cm³/mol. The molecule has 0 unspecified atom stereocenters. The van der Waals surface area contributed by atoms with Crippen LogP contribution in [-0.4, -0.2) is 43.7 Å². The van der Waals surface area contributed by atoms with Gasteiger partial charge in [-0.05, 0) is 0 Å². The molecule has 0 saturated heterocycles. The average molecular weight is 178 g/mol. The molecule has 0 saturated carbocycles. The molecule has 0 heterocycles. The maximum absolute atomic E-state index is 11.1. The molecule has 0 spiro atoms. The Balaban J connectivity index is 3.53. The van der Waals surface area contributed by atoms with E-state index in [1.165, 1.54) is 0 Å². The van der Waals surface area contributed by atoms with Crippen molar-refractivity contribution in [1.82, 2.24) is 0 Å². The number of hydrogen-bond acceptors (Lipinski definition) is 2. The molecule has 0 aromatic heterocycles. The Hall–Kier alpha value is 0.0600. The molecule has 0 aliphatic heterocycles. The van der Waals surface area contributed by atoms with Gasteiger partial charge in [0, 0.05) is 0 Å². The number of ketones is 1. The van der Waals surface area contributed by atoms with Crippen LogP contribution in [0.3, 0.4) is 0 Å². The molecule has 0 aliphatic rings. The van der Waals surface area contributed by atoms with Crippen LogP contribution in [0.4, 0.5) is 0 Å². The van der Waals surface area contributed by atoms with Crippen LogP contribution in [0.15, 0.2) is 0 Å². The van der Waals surface area contributed by atoms with Gasteiger partial charge >= 0.3 is 68.6 Å². The third-order valence-corrected chi connectivity index (χ3v) is 2.80. The molecule has 0 atom stereocenters. The summed E-state index contributed by atoms with van der Waals surface area (Å²) < 4.78 is 0. The van der Waals surface area contributed by atoms with Gasteiger partial charge in [0.2, 0.25) is 0 Å². The van der Waals surface area contributed by atoms with Gasteiger partial charge in [-0.1, -0.05) is 0 Å². The standard InChI is InChI=1S/C8H19O2P/c1-11(2,3)7-8(10)5-4-6-9/h9,11H,4-7H2,1-3H3. The summed E-state index contributed by atoms with van der Waals surface area (Å²) in [4.78, 5) is 11.1. The number of Topliss-reactive ketones (excluding diaryl/α,β-unsaturated/α-hetero) is 1. The maximum atomic E-state index is 11.1. The summed E-state index contributed by atoms with van der Waals surface area (Å²) in [7, 11) is -1.20. The molecular weight excluding hydrogens is 159 g/mol. The van der Waals surface area contributed by atoms with Gasteiger partial charge in [0.15, 0.2) is 0 Å². The van der Waals surface area contributed by atoms with Crippen molar-refractivity contribution in [3.8, 4) is 0 Å². The van der Waals surface area contributed by atoms with Crippen molar-refractivity contribution in [2.24, 2.45) is 0 Å². The predicted octanol–water partition coefficient (Wildman–Crippen LogP) is 0.967. The van der Waals surface area contributed by atoms with E-state index in [4.69, 9.17) is 5.11 Å². The van der Waals surface area contributed by atoms with Gasteiger partial charge in [-0.3, -0.25) is 0 Å². The van der Waals surface area contributed by atoms with E-state index >= 15 is 0 Å². The van der Waals surface area contributed by atoms with Crippen molar-refractivity contribution in [2.45, 2.75) is 12.8 Å². The second kappa shape index (κ2) is 4.84. The van der Waals surface area contributed by atoms with Crippen molar-refractivity contribution in [2.75, 3.05) is 32.8 Å². The minimum atomic E-state index is -1.20. The van der Waals surface area contributed by atoms with Crippen LogP contribution in [-0.2, 0) is 4.79 Å². The molecule has 3 heteroatoms. The normalized spacial score (nSPS) is 13.1. The summed E-state index contributed by atoms with van der Waals surface area (Å²) in [6.45, 7) is 6.69. The Kier molecular flexibility index (Phi) is 4.87. The van der Waals surface area contributed by atoms with E-state index in [1.54, 1.807) is 0 Å². The molecule has 0 radical (unpaired) electrons. The Labute approximate surface area is 69.3 Å². The molecule has 0 rings (SSSR count). The Morgan fingerprint density at radius 2 is 1.91 bits per heavy atom. The van der Waals surface area contributed by atoms with E-state index < -0.39 is 7.26 Å². The summed E-state index contributed by atoms with van der Waals surface area (Å²) in [5.74, 6) is 0.318. The molecule has 11 heavy (non-hydrogen) atoms. The first-order valence-corrected chi connectivity index (χ1v) is 7.79. The fourth-order valence-corrected chi connectivity index (χ4v) is 2.32. The fourth-order valence-electron chi connectivity index (χ4n) is 0.956. The summed E-state index contributed by atoms with van der Waals surface area (Å²) in [6, 6.07) is 0. The van der Waals surface area contributed by atoms with E-state index in [2.05, 4.69) is 20.0 Å². The zero-order chi connectivity index (χ0) is 8.91. The molecule has 0 bridgehead atoms. The molecule has 2 nitrogen and oxygen atoms in total. The van der Waals surface area contributed by atoms with Gasteiger partial charge in [-0.15, -0.1) is 0 Å². The fraction of sp³-hybridized carbons (Fsp3) is 0.875. The first kappa shape index (κ1) is 11.1. The molecule has 0 aromatic carbocycles. The number of aliphatic hydroxyl groups is 1. The SMILES string of the molecule is C[PH](C)(C)CC(=O)CCCO. The van der Waals surface area contributed by atoms with E-state index in [1.807, 2.05) is 0 Å². The molecule has 0 aliphatic carbocycles. The van der Waals surface area contributed by atoms with E-state index in [9.17, 15) is 4.79 Å². The monoisotopic (exact) mass is 178 g/mol. The van der Waals surface area contributed by atoms with Crippen LogP contribution in [0.2, 0.25) is 0 Å². The average Bonchev–Trinajstić information content (AvgIpc) is 1.79. The number of aliphatic hydroxyl groups excluding tert-OH is 1. The first-order chi connectivity index (χ1) is 4.95. The quantitative estimate of drug-likeness (QED) is 0.637. The van der Waals surface area contributed by atoms with Crippen LogP contribution >= 0.6 is 7.26 Å². The van der Waals surface area contributed by atoms with Crippen molar-refractivity contribution in [3.63, 3.8) is 0 Å². The summed E-state index contributed by atoms with van der Waals surface area (Å²) >= 11 is 0. The van der Waals surface area contributed by atoms with Crippen LogP contribution in [0, 0.1) is 0 Å².